The van der Waals surface area contributed by atoms with Gasteiger partial charge in [0.1, 0.15) is 11.4 Å². The van der Waals surface area contributed by atoms with Gasteiger partial charge in [-0.05, 0) is 32.1 Å². The number of hydrogen-bond donors (Lipinski definition) is 2. The summed E-state index contributed by atoms with van der Waals surface area (Å²) in [5.41, 5.74) is -0.340. The van der Waals surface area contributed by atoms with Crippen molar-refractivity contribution >= 4 is 11.9 Å². The van der Waals surface area contributed by atoms with Crippen molar-refractivity contribution in [3.05, 3.63) is 0 Å². The molecule has 1 heterocycles. The molecule has 0 aromatic rings. The fraction of sp³-hybridized carbons (Fsp3) is 0.800. The number of carbonyl (C=O) groups excluding carboxylic acids is 1. The lowest BCUT2D eigenvalue weighted by Crippen LogP contribution is -2.49. The van der Waals surface area contributed by atoms with E-state index < -0.39 is 0 Å². The van der Waals surface area contributed by atoms with Crippen LogP contribution in [0.25, 0.3) is 0 Å². The normalized spacial score (nSPS) is 32.3. The maximum atomic E-state index is 11.6. The smallest absolute Gasteiger partial charge is 0.312 e. The number of urea groups is 1. The first kappa shape index (κ1) is 9.49. The van der Waals surface area contributed by atoms with Crippen LogP contribution < -0.4 is 5.32 Å². The van der Waals surface area contributed by atoms with Crippen molar-refractivity contribution in [2.75, 3.05) is 6.54 Å². The molecule has 1 atom stereocenters. The molecular formula is C10H17N3O. The van der Waals surface area contributed by atoms with Crippen molar-refractivity contribution in [3.8, 4) is 0 Å². The van der Waals surface area contributed by atoms with Crippen LogP contribution in [0.3, 0.4) is 0 Å². The first-order valence-corrected chi connectivity index (χ1v) is 5.28. The molecule has 0 aromatic carbocycles. The van der Waals surface area contributed by atoms with E-state index in [9.17, 15) is 4.79 Å². The van der Waals surface area contributed by atoms with Gasteiger partial charge in [0.2, 0.25) is 0 Å². The molecule has 0 bridgehead atoms. The predicted octanol–water partition coefficient (Wildman–Crippen LogP) is 1.57. The van der Waals surface area contributed by atoms with Crippen LogP contribution in [0.2, 0.25) is 0 Å². The Morgan fingerprint density at radius 1 is 1.64 bits per heavy atom. The highest BCUT2D eigenvalue weighted by Crippen LogP contribution is 2.45. The van der Waals surface area contributed by atoms with Crippen LogP contribution in [0.1, 0.15) is 33.1 Å². The van der Waals surface area contributed by atoms with E-state index in [-0.39, 0.29) is 11.6 Å². The molecule has 4 nitrogen and oxygen atoms in total. The van der Waals surface area contributed by atoms with Crippen molar-refractivity contribution in [2.24, 2.45) is 5.92 Å². The third kappa shape index (κ3) is 1.13. The molecule has 4 heteroatoms. The molecule has 2 fully saturated rings. The average molecular weight is 195 g/mol. The van der Waals surface area contributed by atoms with Crippen LogP contribution in [0.4, 0.5) is 4.79 Å². The summed E-state index contributed by atoms with van der Waals surface area (Å²) >= 11 is 0. The number of amides is 2. The van der Waals surface area contributed by atoms with Crippen molar-refractivity contribution in [1.29, 1.82) is 5.41 Å². The van der Waals surface area contributed by atoms with E-state index >= 15 is 0 Å². The highest BCUT2D eigenvalue weighted by molar-refractivity contribution is 6.08. The summed E-state index contributed by atoms with van der Waals surface area (Å²) in [6, 6.07) is -0.0914. The maximum Gasteiger partial charge on any atom is 0.323 e. The van der Waals surface area contributed by atoms with E-state index in [1.165, 1.54) is 0 Å². The Kier molecular flexibility index (Phi) is 2.01. The van der Waals surface area contributed by atoms with E-state index in [0.29, 0.717) is 11.8 Å². The van der Waals surface area contributed by atoms with Gasteiger partial charge in [0.25, 0.3) is 0 Å². The summed E-state index contributed by atoms with van der Waals surface area (Å²) in [6.07, 6.45) is 3.24. The largest absolute Gasteiger partial charge is 0.323 e. The molecule has 14 heavy (non-hydrogen) atoms. The third-order valence-corrected chi connectivity index (χ3v) is 3.36. The van der Waals surface area contributed by atoms with E-state index in [0.717, 1.165) is 25.8 Å². The molecule has 1 aliphatic heterocycles. The zero-order valence-electron chi connectivity index (χ0n) is 8.76. The van der Waals surface area contributed by atoms with Crippen LogP contribution in [0.5, 0.6) is 0 Å². The second kappa shape index (κ2) is 2.97. The highest BCUT2D eigenvalue weighted by atomic mass is 16.2. The van der Waals surface area contributed by atoms with Crippen LogP contribution >= 0.6 is 0 Å². The third-order valence-electron chi connectivity index (χ3n) is 3.36. The summed E-state index contributed by atoms with van der Waals surface area (Å²) in [6.45, 7) is 4.82. The Hall–Kier alpha value is -1.06. The standard InChI is InChI=1S/C10H17N3O/c1-3-6-13-9(14)12-8(11)10(13,2)7-4-5-7/h7H,3-6H2,1-2H3,(H2,11,12,14). The lowest BCUT2D eigenvalue weighted by molar-refractivity contribution is 0.169. The van der Waals surface area contributed by atoms with Crippen LogP contribution in [-0.4, -0.2) is 28.9 Å². The van der Waals surface area contributed by atoms with Gasteiger partial charge in [-0.3, -0.25) is 10.7 Å². The van der Waals surface area contributed by atoms with Crippen molar-refractivity contribution in [1.82, 2.24) is 10.2 Å². The van der Waals surface area contributed by atoms with Gasteiger partial charge in [-0.2, -0.15) is 0 Å². The van der Waals surface area contributed by atoms with Gasteiger partial charge in [0.05, 0.1) is 0 Å². The molecule has 0 spiro atoms. The van der Waals surface area contributed by atoms with Crippen LogP contribution in [0.15, 0.2) is 0 Å². The lowest BCUT2D eigenvalue weighted by atomic mass is 9.93. The van der Waals surface area contributed by atoms with E-state index in [2.05, 4.69) is 12.2 Å². The molecule has 2 amide bonds. The Morgan fingerprint density at radius 2 is 2.29 bits per heavy atom. The van der Waals surface area contributed by atoms with Crippen LogP contribution in [-0.2, 0) is 0 Å². The molecule has 1 unspecified atom stereocenters. The van der Waals surface area contributed by atoms with E-state index in [4.69, 9.17) is 5.41 Å². The van der Waals surface area contributed by atoms with Gasteiger partial charge < -0.3 is 4.90 Å². The van der Waals surface area contributed by atoms with E-state index in [1.807, 2.05) is 11.8 Å². The quantitative estimate of drug-likeness (QED) is 0.705. The number of nitrogens with one attached hydrogen (secondary N) is 2. The zero-order valence-corrected chi connectivity index (χ0v) is 8.76. The molecule has 1 aliphatic carbocycles. The maximum absolute atomic E-state index is 11.6. The molecule has 0 aromatic heterocycles. The molecule has 1 saturated heterocycles. The molecule has 2 aliphatic rings. The summed E-state index contributed by atoms with van der Waals surface area (Å²) in [5.74, 6) is 0.888. The molecule has 0 radical (unpaired) electrons. The second-order valence-electron chi connectivity index (χ2n) is 4.38. The number of carbonyl (C=O) groups is 1. The first-order valence-electron chi connectivity index (χ1n) is 5.28. The van der Waals surface area contributed by atoms with Crippen molar-refractivity contribution in [2.45, 2.75) is 38.6 Å². The number of nitrogens with zero attached hydrogens (tertiary/aromatic N) is 1. The Labute approximate surface area is 84.2 Å². The SMILES string of the molecule is CCCN1C(=O)NC(=N)C1(C)C1CC1. The fourth-order valence-corrected chi connectivity index (χ4v) is 2.27. The second-order valence-corrected chi connectivity index (χ2v) is 4.38. The monoisotopic (exact) mass is 195 g/mol. The number of rotatable bonds is 3. The van der Waals surface area contributed by atoms with Crippen molar-refractivity contribution in [3.63, 3.8) is 0 Å². The Morgan fingerprint density at radius 3 is 2.79 bits per heavy atom. The molecule has 1 saturated carbocycles. The minimum Gasteiger partial charge on any atom is -0.312 e. The lowest BCUT2D eigenvalue weighted by Gasteiger charge is -2.33. The Bertz CT molecular complexity index is 285. The molecule has 2 N–H and O–H groups in total. The molecule has 78 valence electrons. The summed E-state index contributed by atoms with van der Waals surface area (Å²) in [4.78, 5) is 13.4. The summed E-state index contributed by atoms with van der Waals surface area (Å²) in [5, 5.41) is 10.5. The number of amidine groups is 1. The highest BCUT2D eigenvalue weighted by Gasteiger charge is 2.54. The minimum absolute atomic E-state index is 0.0914. The zero-order chi connectivity index (χ0) is 10.3. The van der Waals surface area contributed by atoms with Crippen LogP contribution in [0, 0.1) is 11.3 Å². The minimum atomic E-state index is -0.340. The number of hydrogen-bond acceptors (Lipinski definition) is 2. The topological polar surface area (TPSA) is 56.2 Å². The average Bonchev–Trinajstić information content (AvgIpc) is 2.92. The van der Waals surface area contributed by atoms with Gasteiger partial charge in [-0.15, -0.1) is 0 Å². The predicted molar refractivity (Wildman–Crippen MR) is 54.4 cm³/mol. The van der Waals surface area contributed by atoms with Crippen molar-refractivity contribution < 1.29 is 4.79 Å². The fourth-order valence-electron chi connectivity index (χ4n) is 2.27. The first-order chi connectivity index (χ1) is 6.60. The molecule has 2 rings (SSSR count). The van der Waals surface area contributed by atoms with Gasteiger partial charge in [-0.1, -0.05) is 6.92 Å². The van der Waals surface area contributed by atoms with Gasteiger partial charge >= 0.3 is 6.03 Å². The van der Waals surface area contributed by atoms with Gasteiger partial charge in [-0.25, -0.2) is 4.79 Å². The van der Waals surface area contributed by atoms with Gasteiger partial charge in [0.15, 0.2) is 0 Å². The van der Waals surface area contributed by atoms with E-state index in [1.54, 1.807) is 0 Å². The summed E-state index contributed by atoms with van der Waals surface area (Å²) < 4.78 is 0. The Balaban J connectivity index is 2.25. The van der Waals surface area contributed by atoms with Gasteiger partial charge in [0, 0.05) is 6.54 Å². The molecular weight excluding hydrogens is 178 g/mol. The summed E-state index contributed by atoms with van der Waals surface area (Å²) in [7, 11) is 0.